The second-order valence-electron chi connectivity index (χ2n) is 8.90. The Hall–Kier alpha value is -3.99. The number of aromatic amines is 2. The molecule has 4 N–H and O–H groups in total. The number of imidazole rings is 1. The molecule has 5 rings (SSSR count). The van der Waals surface area contributed by atoms with Crippen molar-refractivity contribution in [1.29, 1.82) is 0 Å². The van der Waals surface area contributed by atoms with Crippen LogP contribution in [0.3, 0.4) is 0 Å². The summed E-state index contributed by atoms with van der Waals surface area (Å²) in [6.45, 7) is 2.11. The van der Waals surface area contributed by atoms with Crippen molar-refractivity contribution in [2.75, 3.05) is 36.4 Å². The van der Waals surface area contributed by atoms with Crippen LogP contribution in [0.15, 0.2) is 55.0 Å². The monoisotopic (exact) mass is 513 g/mol. The highest BCUT2D eigenvalue weighted by Crippen LogP contribution is 2.38. The average Bonchev–Trinajstić information content (AvgIpc) is 3.36. The maximum atomic E-state index is 14.5. The van der Waals surface area contributed by atoms with E-state index in [0.29, 0.717) is 50.2 Å². The molecule has 1 aliphatic rings. The molecule has 192 valence electrons. The van der Waals surface area contributed by atoms with E-state index in [1.807, 2.05) is 6.07 Å². The van der Waals surface area contributed by atoms with Crippen molar-refractivity contribution < 1.29 is 27.3 Å². The Morgan fingerprint density at radius 3 is 2.68 bits per heavy atom. The van der Waals surface area contributed by atoms with E-state index in [0.717, 1.165) is 17.1 Å². The largest absolute Gasteiger partial charge is 0.418 e. The second-order valence-corrected chi connectivity index (χ2v) is 8.90. The van der Waals surface area contributed by atoms with Gasteiger partial charge < -0.3 is 15.5 Å². The molecule has 1 amide bonds. The third-order valence-corrected chi connectivity index (χ3v) is 6.39. The molecular formula is C26H25F4N6O+. The summed E-state index contributed by atoms with van der Waals surface area (Å²) in [6, 6.07) is 9.63. The number of amides is 1. The lowest BCUT2D eigenvalue weighted by Crippen LogP contribution is -2.44. The molecule has 11 heteroatoms. The fraction of sp³-hybridized carbons (Fsp3) is 0.269. The van der Waals surface area contributed by atoms with Gasteiger partial charge in [0.2, 0.25) is 0 Å². The maximum absolute atomic E-state index is 14.5. The molecule has 3 heterocycles. The predicted octanol–water partition coefficient (Wildman–Crippen LogP) is 3.98. The van der Waals surface area contributed by atoms with E-state index < -0.39 is 23.5 Å². The molecule has 0 atom stereocenters. The molecule has 0 saturated carbocycles. The molecule has 0 aliphatic carbocycles. The number of benzene rings is 2. The first kappa shape index (κ1) is 24.7. The smallest absolute Gasteiger partial charge is 0.368 e. The highest BCUT2D eigenvalue weighted by molar-refractivity contribution is 6.04. The number of hydrogen-bond acceptors (Lipinski definition) is 4. The third-order valence-electron chi connectivity index (χ3n) is 6.39. The summed E-state index contributed by atoms with van der Waals surface area (Å²) >= 11 is 0. The van der Waals surface area contributed by atoms with Crippen LogP contribution in [0, 0.1) is 5.82 Å². The number of piperazine rings is 1. The predicted molar refractivity (Wildman–Crippen MR) is 131 cm³/mol. The van der Waals surface area contributed by atoms with Crippen LogP contribution in [0.4, 0.5) is 28.9 Å². The standard InChI is InChI=1S/C26H24F4N6O/c27-21-5-3-18(12-17(21)2-1-16-11-22-24(32-14-16)34-15-33-22)25(37)35-19-4-6-23(20(13-19)26(28,29)30)36-9-7-31-8-10-36/h3-6,11-15,31H,1-2,7-10H2,(H,35,37)(H,32,33,34)/p+1. The van der Waals surface area contributed by atoms with Crippen LogP contribution in [0.2, 0.25) is 0 Å². The van der Waals surface area contributed by atoms with Crippen LogP contribution in [0.1, 0.15) is 27.0 Å². The Morgan fingerprint density at radius 2 is 1.89 bits per heavy atom. The number of aryl methyl sites for hydroxylation is 2. The highest BCUT2D eigenvalue weighted by Gasteiger charge is 2.35. The van der Waals surface area contributed by atoms with Crippen LogP contribution < -0.4 is 20.5 Å². The fourth-order valence-corrected chi connectivity index (χ4v) is 4.46. The SMILES string of the molecule is O=C(Nc1ccc(N2CCNCC2)c(C(F)(F)F)c1)c1ccc(F)c(CCc2cnc3[nH+]c[nH]c3c2)c1. The Bertz CT molecular complexity index is 1430. The summed E-state index contributed by atoms with van der Waals surface area (Å²) in [7, 11) is 0. The van der Waals surface area contributed by atoms with Crippen molar-refractivity contribution in [3.05, 3.63) is 83.1 Å². The number of pyridine rings is 1. The molecule has 7 nitrogen and oxygen atoms in total. The number of nitrogens with zero attached hydrogens (tertiary/aromatic N) is 2. The first-order valence-corrected chi connectivity index (χ1v) is 11.9. The summed E-state index contributed by atoms with van der Waals surface area (Å²) < 4.78 is 56.0. The van der Waals surface area contributed by atoms with E-state index in [1.54, 1.807) is 17.4 Å². The number of rotatable bonds is 6. The molecule has 0 spiro atoms. The minimum absolute atomic E-state index is 0.0178. The van der Waals surface area contributed by atoms with Crippen LogP contribution in [-0.4, -0.2) is 42.1 Å². The topological polar surface area (TPSA) is 87.2 Å². The van der Waals surface area contributed by atoms with Gasteiger partial charge in [-0.3, -0.25) is 9.78 Å². The van der Waals surface area contributed by atoms with Crippen molar-refractivity contribution in [2.24, 2.45) is 0 Å². The van der Waals surface area contributed by atoms with Gasteiger partial charge >= 0.3 is 6.18 Å². The van der Waals surface area contributed by atoms with E-state index in [2.05, 4.69) is 25.6 Å². The van der Waals surface area contributed by atoms with Crippen molar-refractivity contribution in [3.63, 3.8) is 0 Å². The normalized spacial score (nSPS) is 14.2. The highest BCUT2D eigenvalue weighted by atomic mass is 19.4. The van der Waals surface area contributed by atoms with Crippen molar-refractivity contribution in [2.45, 2.75) is 19.0 Å². The van der Waals surface area contributed by atoms with Crippen LogP contribution in [0.25, 0.3) is 11.2 Å². The molecule has 2 aromatic heterocycles. The van der Waals surface area contributed by atoms with Gasteiger partial charge in [0.25, 0.3) is 11.6 Å². The number of carbonyl (C=O) groups is 1. The molecule has 4 aromatic rings. The summed E-state index contributed by atoms with van der Waals surface area (Å²) in [5.41, 5.74) is 2.21. The lowest BCUT2D eigenvalue weighted by molar-refractivity contribution is -0.347. The van der Waals surface area contributed by atoms with Crippen LogP contribution in [-0.2, 0) is 19.0 Å². The molecule has 37 heavy (non-hydrogen) atoms. The molecule has 0 bridgehead atoms. The lowest BCUT2D eigenvalue weighted by atomic mass is 10.0. The number of H-pyrrole nitrogens is 2. The Labute approximate surface area is 209 Å². The Kier molecular flexibility index (Phi) is 6.79. The Balaban J connectivity index is 1.32. The molecular weight excluding hydrogens is 488 g/mol. The van der Waals surface area contributed by atoms with Gasteiger partial charge in [-0.2, -0.15) is 13.2 Å². The van der Waals surface area contributed by atoms with E-state index >= 15 is 0 Å². The van der Waals surface area contributed by atoms with Gasteiger partial charge in [0, 0.05) is 43.1 Å². The molecule has 2 aromatic carbocycles. The number of anilines is 2. The van der Waals surface area contributed by atoms with Crippen LogP contribution >= 0.6 is 0 Å². The zero-order valence-corrected chi connectivity index (χ0v) is 19.8. The van der Waals surface area contributed by atoms with E-state index in [9.17, 15) is 22.4 Å². The van der Waals surface area contributed by atoms with Gasteiger partial charge in [0.1, 0.15) is 12.0 Å². The van der Waals surface area contributed by atoms with Gasteiger partial charge in [0.05, 0.1) is 5.56 Å². The summed E-state index contributed by atoms with van der Waals surface area (Å²) in [5.74, 6) is -1.08. The minimum atomic E-state index is -4.58. The number of halogens is 4. The lowest BCUT2D eigenvalue weighted by Gasteiger charge is -2.31. The van der Waals surface area contributed by atoms with Crippen LogP contribution in [0.5, 0.6) is 0 Å². The molecule has 1 fully saturated rings. The molecule has 0 unspecified atom stereocenters. The second kappa shape index (κ2) is 10.2. The summed E-state index contributed by atoms with van der Waals surface area (Å²) in [6.07, 6.45) is -0.405. The van der Waals surface area contributed by atoms with Gasteiger partial charge in [-0.1, -0.05) is 0 Å². The number of alkyl halides is 3. The van der Waals surface area contributed by atoms with Crippen molar-refractivity contribution in [1.82, 2.24) is 15.3 Å². The zero-order chi connectivity index (χ0) is 26.0. The van der Waals surface area contributed by atoms with E-state index in [1.165, 1.54) is 30.3 Å². The quantitative estimate of drug-likeness (QED) is 0.341. The Morgan fingerprint density at radius 1 is 1.08 bits per heavy atom. The van der Waals surface area contributed by atoms with Gasteiger partial charge in [-0.05, 0) is 66.4 Å². The number of hydrogen-bond donors (Lipinski definition) is 3. The molecule has 0 radical (unpaired) electrons. The van der Waals surface area contributed by atoms with Crippen molar-refractivity contribution >= 4 is 28.4 Å². The molecule has 1 saturated heterocycles. The van der Waals surface area contributed by atoms with E-state index in [4.69, 9.17) is 0 Å². The number of aromatic nitrogens is 3. The van der Waals surface area contributed by atoms with E-state index in [-0.39, 0.29) is 16.9 Å². The summed E-state index contributed by atoms with van der Waals surface area (Å²) in [4.78, 5) is 24.8. The third kappa shape index (κ3) is 5.56. The first-order valence-electron chi connectivity index (χ1n) is 11.9. The number of fused-ring (bicyclic) bond motifs is 1. The number of carbonyl (C=O) groups excluding carboxylic acids is 1. The summed E-state index contributed by atoms with van der Waals surface area (Å²) in [5, 5.41) is 5.65. The fourth-order valence-electron chi connectivity index (χ4n) is 4.46. The number of nitrogens with one attached hydrogen (secondary N) is 4. The van der Waals surface area contributed by atoms with Gasteiger partial charge in [-0.15, -0.1) is 4.98 Å². The minimum Gasteiger partial charge on any atom is -0.368 e. The first-order chi connectivity index (χ1) is 17.8. The zero-order valence-electron chi connectivity index (χ0n) is 19.8. The van der Waals surface area contributed by atoms with Gasteiger partial charge in [-0.25, -0.2) is 9.37 Å². The van der Waals surface area contributed by atoms with Gasteiger partial charge in [0.15, 0.2) is 11.8 Å². The van der Waals surface area contributed by atoms with Crippen molar-refractivity contribution in [3.8, 4) is 0 Å². The average molecular weight is 514 g/mol. The molecule has 1 aliphatic heterocycles. The maximum Gasteiger partial charge on any atom is 0.418 e.